The zero-order chi connectivity index (χ0) is 21.3. The zero-order valence-corrected chi connectivity index (χ0v) is 19.0. The van der Waals surface area contributed by atoms with Crippen molar-refractivity contribution in [1.82, 2.24) is 19.8 Å². The topological polar surface area (TPSA) is 84.9 Å². The van der Waals surface area contributed by atoms with Crippen molar-refractivity contribution in [1.29, 1.82) is 0 Å². The number of aromatic nitrogens is 2. The maximum atomic E-state index is 12.9. The van der Waals surface area contributed by atoms with Crippen LogP contribution in [0, 0.1) is 0 Å². The third-order valence-corrected chi connectivity index (χ3v) is 5.45. The number of ether oxygens (including phenoxy) is 2. The lowest BCUT2D eigenvalue weighted by molar-refractivity contribution is -0.140. The van der Waals surface area contributed by atoms with Crippen LogP contribution in [0.2, 0.25) is 0 Å². The number of esters is 1. The fourth-order valence-electron chi connectivity index (χ4n) is 3.79. The predicted octanol–water partition coefficient (Wildman–Crippen LogP) is 2.88. The lowest BCUT2D eigenvalue weighted by Gasteiger charge is -2.49. The van der Waals surface area contributed by atoms with Gasteiger partial charge < -0.3 is 14.4 Å². The van der Waals surface area contributed by atoms with Gasteiger partial charge in [-0.1, -0.05) is 0 Å². The highest BCUT2D eigenvalue weighted by atomic mass is 79.9. The minimum absolute atomic E-state index is 0.0446. The van der Waals surface area contributed by atoms with E-state index in [-0.39, 0.29) is 30.8 Å². The molecule has 2 bridgehead atoms. The average molecular weight is 467 g/mol. The molecule has 158 valence electrons. The van der Waals surface area contributed by atoms with Gasteiger partial charge in [-0.05, 0) is 68.7 Å². The Labute approximate surface area is 179 Å². The molecule has 1 saturated heterocycles. The first-order valence-electron chi connectivity index (χ1n) is 9.69. The standard InChI is InChI=1S/C20H27BrN4O4/c1-6-28-17(26)16-13(14-7-8-22-18(21)23-14)9-12-10-25(11-15(16)24(12)5)19(27)29-20(2,3)4/h7-8,12,15H,6,9-11H2,1-5H3. The number of likely N-dealkylation sites (N-methyl/N-ethyl adjacent to an activating group) is 1. The maximum Gasteiger partial charge on any atom is 0.410 e. The quantitative estimate of drug-likeness (QED) is 0.499. The van der Waals surface area contributed by atoms with Crippen molar-refractivity contribution >= 4 is 33.6 Å². The van der Waals surface area contributed by atoms with E-state index >= 15 is 0 Å². The summed E-state index contributed by atoms with van der Waals surface area (Å²) in [5, 5.41) is 0. The number of hydrogen-bond donors (Lipinski definition) is 0. The molecule has 9 heteroatoms. The third-order valence-electron chi connectivity index (χ3n) is 5.07. The van der Waals surface area contributed by atoms with E-state index in [1.165, 1.54) is 0 Å². The second-order valence-electron chi connectivity index (χ2n) is 8.25. The minimum atomic E-state index is -0.576. The van der Waals surface area contributed by atoms with Crippen LogP contribution in [-0.4, -0.2) is 76.3 Å². The zero-order valence-electron chi connectivity index (χ0n) is 17.4. The molecular weight excluding hydrogens is 440 g/mol. The molecule has 3 rings (SSSR count). The molecule has 1 fully saturated rings. The van der Waals surface area contributed by atoms with Gasteiger partial charge in [0.15, 0.2) is 4.73 Å². The maximum absolute atomic E-state index is 12.9. The molecule has 0 radical (unpaired) electrons. The lowest BCUT2D eigenvalue weighted by Crippen LogP contribution is -2.62. The van der Waals surface area contributed by atoms with Gasteiger partial charge >= 0.3 is 12.1 Å². The number of fused-ring (bicyclic) bond motifs is 2. The van der Waals surface area contributed by atoms with E-state index in [4.69, 9.17) is 9.47 Å². The van der Waals surface area contributed by atoms with E-state index in [0.717, 1.165) is 5.57 Å². The van der Waals surface area contributed by atoms with E-state index in [1.54, 1.807) is 24.1 Å². The molecule has 8 nitrogen and oxygen atoms in total. The monoisotopic (exact) mass is 466 g/mol. The molecule has 0 aliphatic carbocycles. The second kappa shape index (κ2) is 8.39. The Balaban J connectivity index is 2.00. The van der Waals surface area contributed by atoms with E-state index in [1.807, 2.05) is 27.8 Å². The van der Waals surface area contributed by atoms with Crippen molar-refractivity contribution < 1.29 is 19.1 Å². The summed E-state index contributed by atoms with van der Waals surface area (Å²) in [7, 11) is 1.98. The molecule has 29 heavy (non-hydrogen) atoms. The van der Waals surface area contributed by atoms with E-state index in [0.29, 0.717) is 35.5 Å². The van der Waals surface area contributed by atoms with Crippen LogP contribution in [0.1, 0.15) is 39.8 Å². The Morgan fingerprint density at radius 2 is 2.03 bits per heavy atom. The van der Waals surface area contributed by atoms with Crippen LogP contribution < -0.4 is 0 Å². The van der Waals surface area contributed by atoms with Crippen LogP contribution in [0.25, 0.3) is 5.57 Å². The summed E-state index contributed by atoms with van der Waals surface area (Å²) in [6.45, 7) is 8.46. The second-order valence-corrected chi connectivity index (χ2v) is 8.96. The SMILES string of the molecule is CCOC(=O)C1=C(c2ccnc(Br)n2)CC2CN(C(=O)OC(C)(C)C)CC1N2C. The van der Waals surface area contributed by atoms with Gasteiger partial charge in [0.25, 0.3) is 0 Å². The molecule has 0 saturated carbocycles. The first-order valence-corrected chi connectivity index (χ1v) is 10.5. The molecule has 2 unspecified atom stereocenters. The highest BCUT2D eigenvalue weighted by molar-refractivity contribution is 9.10. The fraction of sp³-hybridized carbons (Fsp3) is 0.600. The number of carbonyl (C=O) groups excluding carboxylic acids is 2. The summed E-state index contributed by atoms with van der Waals surface area (Å²) < 4.78 is 11.4. The fourth-order valence-corrected chi connectivity index (χ4v) is 4.10. The van der Waals surface area contributed by atoms with Gasteiger partial charge in [-0.2, -0.15) is 0 Å². The number of piperazine rings is 1. The van der Waals surface area contributed by atoms with Crippen molar-refractivity contribution in [3.63, 3.8) is 0 Å². The molecule has 0 spiro atoms. The normalized spacial score (nSPS) is 22.5. The molecule has 3 heterocycles. The Hall–Kier alpha value is -2.00. The lowest BCUT2D eigenvalue weighted by atomic mass is 9.84. The molecule has 1 amide bonds. The van der Waals surface area contributed by atoms with Gasteiger partial charge in [0.1, 0.15) is 5.60 Å². The molecule has 2 atom stereocenters. The summed E-state index contributed by atoms with van der Waals surface area (Å²) >= 11 is 3.31. The number of nitrogens with zero attached hydrogens (tertiary/aromatic N) is 4. The smallest absolute Gasteiger partial charge is 0.410 e. The largest absolute Gasteiger partial charge is 0.463 e. The number of rotatable bonds is 3. The van der Waals surface area contributed by atoms with Crippen LogP contribution in [0.3, 0.4) is 0 Å². The molecule has 1 aromatic heterocycles. The third kappa shape index (κ3) is 4.78. The number of hydrogen-bond acceptors (Lipinski definition) is 7. The Bertz CT molecular complexity index is 836. The Kier molecular flexibility index (Phi) is 6.28. The molecule has 2 aliphatic rings. The van der Waals surface area contributed by atoms with Crippen molar-refractivity contribution in [2.75, 3.05) is 26.7 Å². The van der Waals surface area contributed by atoms with Crippen LogP contribution in [0.4, 0.5) is 4.79 Å². The van der Waals surface area contributed by atoms with E-state index in [9.17, 15) is 9.59 Å². The van der Waals surface area contributed by atoms with E-state index < -0.39 is 5.60 Å². The average Bonchev–Trinajstić information content (AvgIpc) is 2.60. The summed E-state index contributed by atoms with van der Waals surface area (Å²) in [6.07, 6.45) is 1.87. The predicted molar refractivity (Wildman–Crippen MR) is 111 cm³/mol. The van der Waals surface area contributed by atoms with Gasteiger partial charge in [-0.25, -0.2) is 19.6 Å². The van der Waals surface area contributed by atoms with Gasteiger partial charge in [0, 0.05) is 25.3 Å². The molecule has 0 N–H and O–H groups in total. The van der Waals surface area contributed by atoms with Gasteiger partial charge in [-0.15, -0.1) is 0 Å². The van der Waals surface area contributed by atoms with Gasteiger partial charge in [0.05, 0.1) is 23.9 Å². The first kappa shape index (κ1) is 21.7. The summed E-state index contributed by atoms with van der Waals surface area (Å²) in [4.78, 5) is 38.0. The summed E-state index contributed by atoms with van der Waals surface area (Å²) in [6, 6.07) is 1.55. The van der Waals surface area contributed by atoms with Crippen LogP contribution >= 0.6 is 15.9 Å². The highest BCUT2D eigenvalue weighted by Gasteiger charge is 2.45. The number of amides is 1. The van der Waals surface area contributed by atoms with Crippen LogP contribution in [-0.2, 0) is 14.3 Å². The van der Waals surface area contributed by atoms with Gasteiger partial charge in [0.2, 0.25) is 0 Å². The molecule has 0 aromatic carbocycles. The van der Waals surface area contributed by atoms with Crippen LogP contribution in [0.5, 0.6) is 0 Å². The Morgan fingerprint density at radius 3 is 2.66 bits per heavy atom. The Morgan fingerprint density at radius 1 is 1.31 bits per heavy atom. The summed E-state index contributed by atoms with van der Waals surface area (Å²) in [5.74, 6) is -0.376. The number of carbonyl (C=O) groups is 2. The van der Waals surface area contributed by atoms with Crippen molar-refractivity contribution in [2.45, 2.75) is 51.8 Å². The minimum Gasteiger partial charge on any atom is -0.463 e. The first-order chi connectivity index (χ1) is 13.6. The summed E-state index contributed by atoms with van der Waals surface area (Å²) in [5.41, 5.74) is 1.52. The van der Waals surface area contributed by atoms with Crippen LogP contribution in [0.15, 0.2) is 22.6 Å². The number of halogens is 1. The highest BCUT2D eigenvalue weighted by Crippen LogP contribution is 2.37. The van der Waals surface area contributed by atoms with E-state index in [2.05, 4.69) is 30.8 Å². The molecular formula is C20H27BrN4O4. The molecule has 1 aromatic rings. The molecule has 2 aliphatic heterocycles. The van der Waals surface area contributed by atoms with Crippen molar-refractivity contribution in [3.05, 3.63) is 28.3 Å². The van der Waals surface area contributed by atoms with Crippen molar-refractivity contribution in [2.24, 2.45) is 0 Å². The van der Waals surface area contributed by atoms with Crippen molar-refractivity contribution in [3.8, 4) is 0 Å². The van der Waals surface area contributed by atoms with Gasteiger partial charge in [-0.3, -0.25) is 4.90 Å².